The summed E-state index contributed by atoms with van der Waals surface area (Å²) < 4.78 is 13.0. The molecule has 0 saturated heterocycles. The Hall–Kier alpha value is -1.15. The van der Waals surface area contributed by atoms with E-state index < -0.39 is 0 Å². The van der Waals surface area contributed by atoms with Crippen LogP contribution in [0.5, 0.6) is 0 Å². The minimum absolute atomic E-state index is 0.177. The van der Waals surface area contributed by atoms with Crippen LogP contribution < -0.4 is 5.32 Å². The fourth-order valence-electron chi connectivity index (χ4n) is 1.63. The highest BCUT2D eigenvalue weighted by molar-refractivity contribution is 5.53. The van der Waals surface area contributed by atoms with E-state index in [1.807, 2.05) is 6.07 Å². The largest absolute Gasteiger partial charge is 0.313 e. The molecule has 2 heteroatoms. The van der Waals surface area contributed by atoms with Gasteiger partial charge >= 0.3 is 0 Å². The molecule has 0 heterocycles. The summed E-state index contributed by atoms with van der Waals surface area (Å²) in [4.78, 5) is 0. The van der Waals surface area contributed by atoms with Gasteiger partial charge in [0.25, 0.3) is 0 Å². The summed E-state index contributed by atoms with van der Waals surface area (Å²) in [6.07, 6.45) is 3.05. The lowest BCUT2D eigenvalue weighted by molar-refractivity contribution is 0.569. The van der Waals surface area contributed by atoms with Gasteiger partial charge in [-0.15, -0.1) is 0 Å². The molecule has 0 amide bonds. The van der Waals surface area contributed by atoms with Gasteiger partial charge in [-0.05, 0) is 36.6 Å². The van der Waals surface area contributed by atoms with Crippen LogP contribution in [0, 0.1) is 11.7 Å². The van der Waals surface area contributed by atoms with Crippen LogP contribution in [0.25, 0.3) is 6.08 Å². The summed E-state index contributed by atoms with van der Waals surface area (Å²) in [7, 11) is 0. The van der Waals surface area contributed by atoms with E-state index in [1.165, 1.54) is 11.6 Å². The van der Waals surface area contributed by atoms with Crippen molar-refractivity contribution in [3.05, 3.63) is 41.2 Å². The van der Waals surface area contributed by atoms with Crippen molar-refractivity contribution in [1.82, 2.24) is 5.32 Å². The number of halogens is 1. The van der Waals surface area contributed by atoms with Crippen LogP contribution in [-0.2, 0) is 0 Å². The molecular formula is C15H22FN. The Kier molecular flexibility index (Phi) is 5.92. The molecule has 0 spiro atoms. The summed E-state index contributed by atoms with van der Waals surface area (Å²) in [5.74, 6) is 0.478. The Morgan fingerprint density at radius 3 is 2.76 bits per heavy atom. The predicted molar refractivity (Wildman–Crippen MR) is 72.4 cm³/mol. The zero-order valence-electron chi connectivity index (χ0n) is 11.0. The molecule has 0 fully saturated rings. The van der Waals surface area contributed by atoms with Crippen LogP contribution >= 0.6 is 0 Å². The van der Waals surface area contributed by atoms with Gasteiger partial charge < -0.3 is 5.32 Å². The molecule has 1 rings (SSSR count). The highest BCUT2D eigenvalue weighted by Crippen LogP contribution is 2.10. The second kappa shape index (κ2) is 7.23. The maximum Gasteiger partial charge on any atom is 0.123 e. The van der Waals surface area contributed by atoms with Crippen LogP contribution in [0.1, 0.15) is 32.8 Å². The van der Waals surface area contributed by atoms with Gasteiger partial charge in [0.15, 0.2) is 0 Å². The Morgan fingerprint density at radius 1 is 1.41 bits per heavy atom. The monoisotopic (exact) mass is 235 g/mol. The van der Waals surface area contributed by atoms with E-state index >= 15 is 0 Å². The summed E-state index contributed by atoms with van der Waals surface area (Å²) in [5.41, 5.74) is 2.24. The van der Waals surface area contributed by atoms with E-state index in [0.717, 1.165) is 25.1 Å². The molecule has 0 aliphatic rings. The third-order valence-electron chi connectivity index (χ3n) is 2.58. The maximum absolute atomic E-state index is 13.0. The lowest BCUT2D eigenvalue weighted by atomic mass is 10.1. The van der Waals surface area contributed by atoms with Crippen LogP contribution in [0.15, 0.2) is 29.8 Å². The first-order chi connectivity index (χ1) is 8.11. The van der Waals surface area contributed by atoms with Gasteiger partial charge in [-0.25, -0.2) is 4.39 Å². The third-order valence-corrected chi connectivity index (χ3v) is 2.58. The molecule has 0 atom stereocenters. The first-order valence-electron chi connectivity index (χ1n) is 6.27. The van der Waals surface area contributed by atoms with Gasteiger partial charge in [-0.3, -0.25) is 0 Å². The highest BCUT2D eigenvalue weighted by atomic mass is 19.1. The van der Waals surface area contributed by atoms with Crippen molar-refractivity contribution >= 4 is 6.08 Å². The van der Waals surface area contributed by atoms with Gasteiger partial charge in [0, 0.05) is 6.54 Å². The maximum atomic E-state index is 13.0. The van der Waals surface area contributed by atoms with E-state index in [2.05, 4.69) is 32.2 Å². The van der Waals surface area contributed by atoms with Gasteiger partial charge in [0.2, 0.25) is 0 Å². The molecule has 0 saturated carbocycles. The van der Waals surface area contributed by atoms with Crippen molar-refractivity contribution in [3.8, 4) is 0 Å². The van der Waals surface area contributed by atoms with Crippen LogP contribution in [0.4, 0.5) is 4.39 Å². The Morgan fingerprint density at radius 2 is 2.18 bits per heavy atom. The molecule has 0 unspecified atom stereocenters. The molecule has 1 N–H and O–H groups in total. The number of rotatable bonds is 6. The minimum atomic E-state index is -0.177. The molecule has 17 heavy (non-hydrogen) atoms. The second-order valence-electron chi connectivity index (χ2n) is 4.74. The van der Waals surface area contributed by atoms with Gasteiger partial charge in [0.1, 0.15) is 5.82 Å². The first-order valence-corrected chi connectivity index (χ1v) is 6.27. The zero-order valence-corrected chi connectivity index (χ0v) is 11.0. The molecular weight excluding hydrogens is 213 g/mol. The Bertz CT molecular complexity index is 369. The summed E-state index contributed by atoms with van der Waals surface area (Å²) in [5, 5.41) is 3.41. The fraction of sp³-hybridized carbons (Fsp3) is 0.467. The van der Waals surface area contributed by atoms with Crippen molar-refractivity contribution in [3.63, 3.8) is 0 Å². The van der Waals surface area contributed by atoms with Gasteiger partial charge in [-0.1, -0.05) is 44.6 Å². The van der Waals surface area contributed by atoms with Gasteiger partial charge in [0.05, 0.1) is 0 Å². The molecule has 1 aromatic rings. The quantitative estimate of drug-likeness (QED) is 0.789. The SMILES string of the molecule is CCC(=Cc1cccc(F)c1)CNCC(C)C. The minimum Gasteiger partial charge on any atom is -0.313 e. The van der Waals surface area contributed by atoms with Crippen LogP contribution in [0.3, 0.4) is 0 Å². The fourth-order valence-corrected chi connectivity index (χ4v) is 1.63. The van der Waals surface area contributed by atoms with Crippen molar-refractivity contribution in [2.24, 2.45) is 5.92 Å². The Labute approximate surface area is 104 Å². The number of hydrogen-bond acceptors (Lipinski definition) is 1. The highest BCUT2D eigenvalue weighted by Gasteiger charge is 1.98. The summed E-state index contributed by atoms with van der Waals surface area (Å²) in [6.45, 7) is 8.40. The van der Waals surface area contributed by atoms with Crippen molar-refractivity contribution < 1.29 is 4.39 Å². The third kappa shape index (κ3) is 5.64. The first kappa shape index (κ1) is 13.9. The molecule has 0 radical (unpaired) electrons. The van der Waals surface area contributed by atoms with Gasteiger partial charge in [-0.2, -0.15) is 0 Å². The van der Waals surface area contributed by atoms with Crippen LogP contribution in [0.2, 0.25) is 0 Å². The van der Waals surface area contributed by atoms with E-state index in [9.17, 15) is 4.39 Å². The topological polar surface area (TPSA) is 12.0 Å². The summed E-state index contributed by atoms with van der Waals surface area (Å²) >= 11 is 0. The predicted octanol–water partition coefficient (Wildman–Crippen LogP) is 3.86. The molecule has 0 aliphatic heterocycles. The average Bonchev–Trinajstić information content (AvgIpc) is 2.27. The number of hydrogen-bond donors (Lipinski definition) is 1. The van der Waals surface area contributed by atoms with Crippen LogP contribution in [-0.4, -0.2) is 13.1 Å². The van der Waals surface area contributed by atoms with Crippen molar-refractivity contribution in [2.75, 3.05) is 13.1 Å². The molecule has 1 aromatic carbocycles. The Balaban J connectivity index is 2.60. The van der Waals surface area contributed by atoms with E-state index in [-0.39, 0.29) is 5.82 Å². The zero-order chi connectivity index (χ0) is 12.7. The molecule has 0 bridgehead atoms. The molecule has 0 aliphatic carbocycles. The molecule has 1 nitrogen and oxygen atoms in total. The lowest BCUT2D eigenvalue weighted by Gasteiger charge is -2.09. The lowest BCUT2D eigenvalue weighted by Crippen LogP contribution is -2.21. The molecule has 0 aromatic heterocycles. The smallest absolute Gasteiger partial charge is 0.123 e. The normalized spacial score (nSPS) is 12.2. The summed E-state index contributed by atoms with van der Waals surface area (Å²) in [6, 6.07) is 6.72. The number of benzene rings is 1. The van der Waals surface area contributed by atoms with E-state index in [0.29, 0.717) is 5.92 Å². The van der Waals surface area contributed by atoms with Crippen molar-refractivity contribution in [2.45, 2.75) is 27.2 Å². The molecule has 94 valence electrons. The number of nitrogens with one attached hydrogen (secondary N) is 1. The standard InChI is InChI=1S/C15H22FN/c1-4-13(11-17-10-12(2)3)8-14-6-5-7-15(16)9-14/h5-9,12,17H,4,10-11H2,1-3H3. The second-order valence-corrected chi connectivity index (χ2v) is 4.74. The average molecular weight is 235 g/mol. The van der Waals surface area contributed by atoms with Crippen molar-refractivity contribution in [1.29, 1.82) is 0 Å². The van der Waals surface area contributed by atoms with E-state index in [4.69, 9.17) is 0 Å². The van der Waals surface area contributed by atoms with E-state index in [1.54, 1.807) is 12.1 Å².